The lowest BCUT2D eigenvalue weighted by Crippen LogP contribution is -2.35. The molecule has 0 unspecified atom stereocenters. The molecule has 0 heterocycles. The maximum Gasteiger partial charge on any atom is 0.0825 e. The van der Waals surface area contributed by atoms with Crippen LogP contribution in [0, 0.1) is 23.2 Å². The molecule has 3 aliphatic rings. The van der Waals surface area contributed by atoms with Gasteiger partial charge < -0.3 is 15.3 Å². The number of hydrogen-bond acceptors (Lipinski definition) is 3. The molecule has 0 spiro atoms. The highest BCUT2D eigenvalue weighted by atomic mass is 16.3. The van der Waals surface area contributed by atoms with Crippen LogP contribution in [0.3, 0.4) is 0 Å². The Labute approximate surface area is 201 Å². The maximum atomic E-state index is 10.5. The number of rotatable bonds is 7. The topological polar surface area (TPSA) is 60.7 Å². The lowest BCUT2D eigenvalue weighted by Gasteiger charge is -2.44. The predicted octanol–water partition coefficient (Wildman–Crippen LogP) is 6.43. The molecule has 0 aromatic rings. The third-order valence-electron chi connectivity index (χ3n) is 9.09. The first kappa shape index (κ1) is 26.2. The fraction of sp³-hybridized carbons (Fsp3) is 0.667. The van der Waals surface area contributed by atoms with Crippen molar-refractivity contribution in [2.24, 2.45) is 23.2 Å². The van der Waals surface area contributed by atoms with E-state index in [-0.39, 0.29) is 0 Å². The molecule has 0 aliphatic heterocycles. The van der Waals surface area contributed by atoms with Crippen LogP contribution in [0.1, 0.15) is 85.5 Å². The predicted molar refractivity (Wildman–Crippen MR) is 138 cm³/mol. The Morgan fingerprint density at radius 3 is 2.58 bits per heavy atom. The van der Waals surface area contributed by atoms with Crippen LogP contribution in [0.2, 0.25) is 0 Å². The van der Waals surface area contributed by atoms with Crippen LogP contribution >= 0.6 is 0 Å². The summed E-state index contributed by atoms with van der Waals surface area (Å²) in [5, 5.41) is 30.7. The van der Waals surface area contributed by atoms with Gasteiger partial charge in [-0.15, -0.1) is 0 Å². The summed E-state index contributed by atoms with van der Waals surface area (Å²) < 4.78 is 0. The zero-order valence-corrected chi connectivity index (χ0v) is 21.3. The Kier molecular flexibility index (Phi) is 8.64. The number of aliphatic hydroxyl groups excluding tert-OH is 2. The van der Waals surface area contributed by atoms with Crippen LogP contribution in [0.25, 0.3) is 0 Å². The summed E-state index contributed by atoms with van der Waals surface area (Å²) in [5.74, 6) is 1.77. The Morgan fingerprint density at radius 2 is 1.88 bits per heavy atom. The van der Waals surface area contributed by atoms with E-state index in [1.54, 1.807) is 0 Å². The van der Waals surface area contributed by atoms with Gasteiger partial charge in [0, 0.05) is 6.42 Å². The minimum absolute atomic E-state index is 0.312. The van der Waals surface area contributed by atoms with Crippen LogP contribution in [0.4, 0.5) is 0 Å². The highest BCUT2D eigenvalue weighted by molar-refractivity contribution is 5.38. The molecule has 0 aromatic heterocycles. The molecular formula is C30H46O3. The lowest BCUT2D eigenvalue weighted by molar-refractivity contribution is 0.0827. The molecule has 3 nitrogen and oxygen atoms in total. The van der Waals surface area contributed by atoms with Gasteiger partial charge in [-0.05, 0) is 85.7 Å². The lowest BCUT2D eigenvalue weighted by atomic mass is 9.61. The maximum absolute atomic E-state index is 10.5. The van der Waals surface area contributed by atoms with E-state index in [0.29, 0.717) is 36.0 Å². The summed E-state index contributed by atoms with van der Waals surface area (Å²) in [6.45, 7) is 13.0. The Bertz CT molecular complexity index is 812. The highest BCUT2D eigenvalue weighted by Crippen LogP contribution is 2.59. The minimum atomic E-state index is -0.689. The summed E-state index contributed by atoms with van der Waals surface area (Å²) >= 11 is 0. The molecule has 33 heavy (non-hydrogen) atoms. The average Bonchev–Trinajstić information content (AvgIpc) is 3.15. The Morgan fingerprint density at radius 1 is 1.15 bits per heavy atom. The van der Waals surface area contributed by atoms with Gasteiger partial charge in [0.1, 0.15) is 0 Å². The number of aliphatic hydroxyl groups is 3. The van der Waals surface area contributed by atoms with E-state index < -0.39 is 17.8 Å². The van der Waals surface area contributed by atoms with Crippen molar-refractivity contribution in [3.05, 3.63) is 59.8 Å². The third-order valence-corrected chi connectivity index (χ3v) is 9.09. The molecule has 3 saturated carbocycles. The first-order valence-electron chi connectivity index (χ1n) is 13.2. The van der Waals surface area contributed by atoms with Crippen molar-refractivity contribution in [3.8, 4) is 0 Å². The van der Waals surface area contributed by atoms with Gasteiger partial charge >= 0.3 is 0 Å². The summed E-state index contributed by atoms with van der Waals surface area (Å²) in [7, 11) is 0. The molecule has 6 atom stereocenters. The summed E-state index contributed by atoms with van der Waals surface area (Å²) in [5.41, 5.74) is 2.92. The van der Waals surface area contributed by atoms with Crippen LogP contribution in [-0.4, -0.2) is 33.1 Å². The number of hydrogen-bond donors (Lipinski definition) is 3. The second kappa shape index (κ2) is 10.9. The first-order chi connectivity index (χ1) is 15.6. The van der Waals surface area contributed by atoms with E-state index in [9.17, 15) is 15.3 Å². The smallest absolute Gasteiger partial charge is 0.0825 e. The van der Waals surface area contributed by atoms with Gasteiger partial charge in [-0.25, -0.2) is 0 Å². The van der Waals surface area contributed by atoms with Gasteiger partial charge in [0.2, 0.25) is 0 Å². The molecule has 3 rings (SSSR count). The van der Waals surface area contributed by atoms with Crippen molar-refractivity contribution < 1.29 is 15.3 Å². The molecule has 3 fully saturated rings. The van der Waals surface area contributed by atoms with E-state index in [1.807, 2.05) is 26.0 Å². The number of allylic oxidation sites excluding steroid dienone is 6. The van der Waals surface area contributed by atoms with Gasteiger partial charge in [-0.2, -0.15) is 0 Å². The van der Waals surface area contributed by atoms with Crippen molar-refractivity contribution >= 4 is 0 Å². The Balaban J connectivity index is 1.72. The fourth-order valence-corrected chi connectivity index (χ4v) is 6.70. The number of fused-ring (bicyclic) bond motifs is 1. The van der Waals surface area contributed by atoms with Gasteiger partial charge in [0.05, 0.1) is 17.8 Å². The van der Waals surface area contributed by atoms with E-state index in [4.69, 9.17) is 0 Å². The summed E-state index contributed by atoms with van der Waals surface area (Å²) in [6, 6.07) is 0. The van der Waals surface area contributed by atoms with Crippen LogP contribution < -0.4 is 0 Å². The van der Waals surface area contributed by atoms with Crippen LogP contribution in [0.5, 0.6) is 0 Å². The quantitative estimate of drug-likeness (QED) is 0.389. The van der Waals surface area contributed by atoms with Crippen molar-refractivity contribution in [3.63, 3.8) is 0 Å². The zero-order chi connectivity index (χ0) is 24.2. The van der Waals surface area contributed by atoms with Crippen molar-refractivity contribution in [2.45, 2.75) is 103 Å². The molecule has 0 aromatic carbocycles. The van der Waals surface area contributed by atoms with Crippen LogP contribution in [0.15, 0.2) is 59.8 Å². The molecule has 184 valence electrons. The third kappa shape index (κ3) is 5.81. The van der Waals surface area contributed by atoms with Gasteiger partial charge in [-0.1, -0.05) is 76.3 Å². The largest absolute Gasteiger partial charge is 0.393 e. The summed E-state index contributed by atoms with van der Waals surface area (Å²) in [4.78, 5) is 0. The average molecular weight is 455 g/mol. The minimum Gasteiger partial charge on any atom is -0.393 e. The van der Waals surface area contributed by atoms with E-state index in [0.717, 1.165) is 30.4 Å². The molecule has 3 aliphatic carbocycles. The fourth-order valence-electron chi connectivity index (χ4n) is 6.70. The van der Waals surface area contributed by atoms with Gasteiger partial charge in [0.25, 0.3) is 0 Å². The zero-order valence-electron chi connectivity index (χ0n) is 21.3. The van der Waals surface area contributed by atoms with Crippen molar-refractivity contribution in [2.75, 3.05) is 0 Å². The van der Waals surface area contributed by atoms with Crippen LogP contribution in [-0.2, 0) is 0 Å². The molecule has 0 amide bonds. The molecule has 3 heteroatoms. The SMILES string of the molecule is C=C1/C(=C\C=C2CCC[C@]3(C)[C@@H]([C@H](C)/C=C/C=C/C(O)(CC)CC)CC[C@@H]23)C[C@@H](O)C[C@@H]1O. The first-order valence-corrected chi connectivity index (χ1v) is 13.2. The molecule has 0 bridgehead atoms. The van der Waals surface area contributed by atoms with E-state index in [2.05, 4.69) is 44.7 Å². The molecule has 0 radical (unpaired) electrons. The highest BCUT2D eigenvalue weighted by Gasteiger charge is 2.50. The molecule has 0 saturated heterocycles. The standard InChI is InChI=1S/C30H46O3/c1-6-30(33,7-2)18-9-8-11-21(3)26-15-16-27-23(12-10-17-29(26,27)5)13-14-24-19-25(31)20-28(32)22(24)4/h8-9,11,13-14,18,21,25-28,31-33H,4,6-7,10,12,15-17,19-20H2,1-3,5H3/b11-8+,18-9+,23-13?,24-14-/t21-,25-,26-,27+,28+,29-/m1/s1. The second-order valence-electron chi connectivity index (χ2n) is 11.1. The second-order valence-corrected chi connectivity index (χ2v) is 11.1. The van der Waals surface area contributed by atoms with E-state index in [1.165, 1.54) is 31.3 Å². The van der Waals surface area contributed by atoms with Gasteiger partial charge in [0.15, 0.2) is 0 Å². The normalized spacial score (nSPS) is 36.9. The molecule has 3 N–H and O–H groups in total. The Hall–Kier alpha value is -1.42. The van der Waals surface area contributed by atoms with Gasteiger partial charge in [-0.3, -0.25) is 0 Å². The van der Waals surface area contributed by atoms with Crippen molar-refractivity contribution in [1.29, 1.82) is 0 Å². The van der Waals surface area contributed by atoms with Crippen molar-refractivity contribution in [1.82, 2.24) is 0 Å². The monoisotopic (exact) mass is 454 g/mol. The van der Waals surface area contributed by atoms with E-state index >= 15 is 0 Å². The summed E-state index contributed by atoms with van der Waals surface area (Å²) in [6.07, 6.45) is 20.3. The molecular weight excluding hydrogens is 408 g/mol.